The fourth-order valence-corrected chi connectivity index (χ4v) is 8.22. The third-order valence-corrected chi connectivity index (χ3v) is 10.7. The van der Waals surface area contributed by atoms with Crippen molar-refractivity contribution in [2.75, 3.05) is 0 Å². The van der Waals surface area contributed by atoms with Gasteiger partial charge in [-0.1, -0.05) is 146 Å². The van der Waals surface area contributed by atoms with Crippen LogP contribution in [0.2, 0.25) is 0 Å². The molecule has 3 heterocycles. The largest absolute Gasteiger partial charge is 0.456 e. The lowest BCUT2D eigenvalue weighted by molar-refractivity contribution is 0.668. The van der Waals surface area contributed by atoms with Crippen LogP contribution in [0, 0.1) is 0 Å². The zero-order valence-corrected chi connectivity index (χ0v) is 29.1. The Hall–Kier alpha value is -7.24. The Morgan fingerprint density at radius 1 is 0.481 bits per heavy atom. The zero-order chi connectivity index (χ0) is 35.6. The summed E-state index contributed by atoms with van der Waals surface area (Å²) in [5.74, 6) is 1.42. The van der Waals surface area contributed by atoms with Gasteiger partial charge in [0.05, 0.1) is 16.7 Å². The molecule has 0 saturated carbocycles. The molecule has 1 aliphatic rings. The highest BCUT2D eigenvalue weighted by atomic mass is 16.3. The number of rotatable bonds is 5. The summed E-state index contributed by atoms with van der Waals surface area (Å²) < 4.78 is 8.71. The molecule has 0 amide bonds. The number of para-hydroxylation sites is 4. The Balaban J connectivity index is 1.14. The Kier molecular flexibility index (Phi) is 6.85. The SMILES string of the molecule is c1ccc(-c2ccccc2-n2c3ccccc3c3ccccc32)c(C2=NC(c3ccc4ccccc4c3)NC(c3cccc4oc5ccccc5c34)=N2)c1. The molecule has 5 nitrogen and oxygen atoms in total. The molecular formula is C49H32N4O. The second kappa shape index (κ2) is 12.2. The zero-order valence-electron chi connectivity index (χ0n) is 29.1. The van der Waals surface area contributed by atoms with Gasteiger partial charge in [-0.2, -0.15) is 0 Å². The number of nitrogens with zero attached hydrogens (tertiary/aromatic N) is 3. The summed E-state index contributed by atoms with van der Waals surface area (Å²) in [6.45, 7) is 0. The standard InChI is InChI=1S/C49H32N4O/c1-2-15-32-30-33(29-28-31(32)14-1)47-50-48(52-49(51-47)40-22-13-27-45-46(40)39-21-8-12-26-44(39)54-45)38-20-4-3-16-34(38)35-17-5-9-23-41(35)53-42-24-10-6-18-36(42)37-19-7-11-25-43(37)53/h1-30,47H,(H,50,51,52). The molecule has 254 valence electrons. The molecule has 0 fully saturated rings. The highest BCUT2D eigenvalue weighted by molar-refractivity contribution is 6.22. The lowest BCUT2D eigenvalue weighted by Gasteiger charge is -2.25. The molecule has 2 aromatic heterocycles. The minimum absolute atomic E-state index is 0.383. The van der Waals surface area contributed by atoms with Crippen LogP contribution >= 0.6 is 0 Å². The van der Waals surface area contributed by atoms with Crippen LogP contribution in [0.3, 0.4) is 0 Å². The van der Waals surface area contributed by atoms with Crippen molar-refractivity contribution < 1.29 is 4.42 Å². The third kappa shape index (κ3) is 4.79. The van der Waals surface area contributed by atoms with Crippen LogP contribution < -0.4 is 5.32 Å². The molecule has 0 spiro atoms. The smallest absolute Gasteiger partial charge is 0.160 e. The molecule has 8 aromatic carbocycles. The molecule has 1 N–H and O–H groups in total. The number of aromatic nitrogens is 1. The molecule has 10 aromatic rings. The highest BCUT2D eigenvalue weighted by Crippen LogP contribution is 2.39. The van der Waals surface area contributed by atoms with E-state index in [1.807, 2.05) is 24.3 Å². The molecule has 5 heteroatoms. The Labute approximate surface area is 311 Å². The molecule has 0 saturated heterocycles. The minimum atomic E-state index is -0.383. The van der Waals surface area contributed by atoms with Crippen molar-refractivity contribution in [3.8, 4) is 16.8 Å². The average Bonchev–Trinajstić information content (AvgIpc) is 3.79. The van der Waals surface area contributed by atoms with Gasteiger partial charge in [-0.3, -0.25) is 0 Å². The van der Waals surface area contributed by atoms with Gasteiger partial charge < -0.3 is 14.3 Å². The van der Waals surface area contributed by atoms with E-state index in [1.165, 1.54) is 32.6 Å². The van der Waals surface area contributed by atoms with Crippen molar-refractivity contribution in [2.45, 2.75) is 6.17 Å². The summed E-state index contributed by atoms with van der Waals surface area (Å²) in [7, 11) is 0. The van der Waals surface area contributed by atoms with Crippen LogP contribution in [-0.4, -0.2) is 16.2 Å². The Morgan fingerprint density at radius 3 is 1.91 bits per heavy atom. The van der Waals surface area contributed by atoms with E-state index in [9.17, 15) is 0 Å². The first-order valence-electron chi connectivity index (χ1n) is 18.3. The maximum Gasteiger partial charge on any atom is 0.160 e. The molecule has 1 atom stereocenters. The molecule has 0 aliphatic carbocycles. The van der Waals surface area contributed by atoms with Gasteiger partial charge in [0.2, 0.25) is 0 Å². The fourth-order valence-electron chi connectivity index (χ4n) is 8.22. The van der Waals surface area contributed by atoms with Gasteiger partial charge in [0.25, 0.3) is 0 Å². The van der Waals surface area contributed by atoms with Crippen LogP contribution in [-0.2, 0) is 0 Å². The first-order chi connectivity index (χ1) is 26.8. The summed E-state index contributed by atoms with van der Waals surface area (Å²) in [5, 5.41) is 10.6. The van der Waals surface area contributed by atoms with Crippen molar-refractivity contribution in [3.05, 3.63) is 199 Å². The van der Waals surface area contributed by atoms with Gasteiger partial charge in [0, 0.05) is 38.2 Å². The van der Waals surface area contributed by atoms with Gasteiger partial charge in [0.15, 0.2) is 5.84 Å². The molecular weight excluding hydrogens is 661 g/mol. The minimum Gasteiger partial charge on any atom is -0.456 e. The number of fused-ring (bicyclic) bond motifs is 7. The van der Waals surface area contributed by atoms with E-state index in [0.717, 1.165) is 61.3 Å². The second-order valence-corrected chi connectivity index (χ2v) is 13.8. The van der Waals surface area contributed by atoms with Crippen LogP contribution in [0.4, 0.5) is 0 Å². The van der Waals surface area contributed by atoms with Gasteiger partial charge >= 0.3 is 0 Å². The Morgan fingerprint density at radius 2 is 1.09 bits per heavy atom. The number of nitrogens with one attached hydrogen (secondary N) is 1. The topological polar surface area (TPSA) is 54.8 Å². The monoisotopic (exact) mass is 692 g/mol. The summed E-state index contributed by atoms with van der Waals surface area (Å²) in [6.07, 6.45) is -0.383. The van der Waals surface area contributed by atoms with Gasteiger partial charge in [0.1, 0.15) is 23.2 Å². The molecule has 54 heavy (non-hydrogen) atoms. The van der Waals surface area contributed by atoms with Crippen molar-refractivity contribution >= 4 is 66.2 Å². The molecule has 0 bridgehead atoms. The average molecular weight is 693 g/mol. The van der Waals surface area contributed by atoms with E-state index in [1.54, 1.807) is 0 Å². The fraction of sp³-hybridized carbons (Fsp3) is 0.0204. The highest BCUT2D eigenvalue weighted by Gasteiger charge is 2.26. The van der Waals surface area contributed by atoms with E-state index < -0.39 is 0 Å². The van der Waals surface area contributed by atoms with Crippen molar-refractivity contribution in [1.29, 1.82) is 0 Å². The van der Waals surface area contributed by atoms with Crippen molar-refractivity contribution in [2.24, 2.45) is 9.98 Å². The number of hydrogen-bond acceptors (Lipinski definition) is 4. The number of aliphatic imine (C=N–C) groups is 2. The van der Waals surface area contributed by atoms with Crippen LogP contribution in [0.5, 0.6) is 0 Å². The van der Waals surface area contributed by atoms with Crippen molar-refractivity contribution in [3.63, 3.8) is 0 Å². The van der Waals surface area contributed by atoms with Crippen LogP contribution in [0.25, 0.3) is 71.3 Å². The first-order valence-corrected chi connectivity index (χ1v) is 18.3. The number of hydrogen-bond donors (Lipinski definition) is 1. The van der Waals surface area contributed by atoms with Crippen LogP contribution in [0.15, 0.2) is 196 Å². The van der Waals surface area contributed by atoms with E-state index in [2.05, 4.69) is 168 Å². The van der Waals surface area contributed by atoms with E-state index in [4.69, 9.17) is 14.4 Å². The predicted molar refractivity (Wildman–Crippen MR) is 223 cm³/mol. The van der Waals surface area contributed by atoms with E-state index >= 15 is 0 Å². The maximum absolute atomic E-state index is 6.33. The molecule has 11 rings (SSSR count). The third-order valence-electron chi connectivity index (χ3n) is 10.7. The predicted octanol–water partition coefficient (Wildman–Crippen LogP) is 12.0. The summed E-state index contributed by atoms with van der Waals surface area (Å²) in [6, 6.07) is 63.9. The lowest BCUT2D eigenvalue weighted by atomic mass is 9.96. The maximum atomic E-state index is 6.33. The Bertz CT molecular complexity index is 3110. The van der Waals surface area contributed by atoms with Gasteiger partial charge in [-0.15, -0.1) is 0 Å². The first kappa shape index (κ1) is 30.4. The van der Waals surface area contributed by atoms with Crippen LogP contribution in [0.1, 0.15) is 22.9 Å². The lowest BCUT2D eigenvalue weighted by Crippen LogP contribution is -2.33. The second-order valence-electron chi connectivity index (χ2n) is 13.8. The summed E-state index contributed by atoms with van der Waals surface area (Å²) in [4.78, 5) is 10.8. The van der Waals surface area contributed by atoms with E-state index in [-0.39, 0.29) is 6.17 Å². The number of furan rings is 1. The van der Waals surface area contributed by atoms with Crippen molar-refractivity contribution in [1.82, 2.24) is 9.88 Å². The quantitative estimate of drug-likeness (QED) is 0.195. The normalized spacial score (nSPS) is 14.5. The summed E-state index contributed by atoms with van der Waals surface area (Å²) >= 11 is 0. The summed E-state index contributed by atoms with van der Waals surface area (Å²) in [5.41, 5.74) is 10.3. The molecule has 1 unspecified atom stereocenters. The number of benzene rings is 8. The van der Waals surface area contributed by atoms with E-state index in [0.29, 0.717) is 5.84 Å². The molecule has 1 aliphatic heterocycles. The molecule has 0 radical (unpaired) electrons. The van der Waals surface area contributed by atoms with Gasteiger partial charge in [-0.25, -0.2) is 9.98 Å². The van der Waals surface area contributed by atoms with Gasteiger partial charge in [-0.05, 0) is 58.3 Å². The number of amidine groups is 2.